The quantitative estimate of drug-likeness (QED) is 0.304. The second kappa shape index (κ2) is 15.0. The third kappa shape index (κ3) is 5.72. The van der Waals surface area contributed by atoms with E-state index in [1.807, 2.05) is 27.0 Å². The molecule has 0 amide bonds. The molecule has 6 atom stereocenters. The van der Waals surface area contributed by atoms with E-state index >= 15 is 0 Å². The minimum atomic E-state index is 0.312. The van der Waals surface area contributed by atoms with E-state index < -0.39 is 0 Å². The predicted molar refractivity (Wildman–Crippen MR) is 203 cm³/mol. The number of methoxy groups -OCH3 is 1. The lowest BCUT2D eigenvalue weighted by atomic mass is 9.62. The molecule has 0 aromatic heterocycles. The summed E-state index contributed by atoms with van der Waals surface area (Å²) in [7, 11) is 1.83. The number of hydrogen-bond acceptors (Lipinski definition) is 4. The standard InChI is InChI=1S/C21H29NO.C18H27N.C2H5N.C2H6/c1-4-6-10-16(9-5-2)19-15-17-11-7-13-22-14-8-12-18(20(17)22)21(19)23-3;1-16-10-8-14-17-9-3-2-4-12(17)7-11-18(14,17)13(16)5-6-15(16)19;1-2-3;1-2/h5,9,15H,2,4,6-8,10-14H2,1,3H3;12-14,19H,2-11H2,1H3;2H,1,3H2;1-2H3/b16-9-;;;. The number of nitrogens with zero attached hydrogens (tertiary/aromatic N) is 1. The van der Waals surface area contributed by atoms with Crippen LogP contribution < -0.4 is 15.4 Å². The van der Waals surface area contributed by atoms with Gasteiger partial charge in [-0.3, -0.25) is 0 Å². The van der Waals surface area contributed by atoms with Gasteiger partial charge in [0, 0.05) is 41.0 Å². The van der Waals surface area contributed by atoms with Gasteiger partial charge in [0.15, 0.2) is 0 Å². The van der Waals surface area contributed by atoms with Crippen molar-refractivity contribution in [2.75, 3.05) is 25.1 Å². The molecule has 47 heavy (non-hydrogen) atoms. The van der Waals surface area contributed by atoms with E-state index in [1.54, 1.807) is 12.8 Å². The normalized spacial score (nSPS) is 33.8. The molecule has 2 aliphatic heterocycles. The van der Waals surface area contributed by atoms with Gasteiger partial charge in [-0.15, -0.1) is 0 Å². The maximum Gasteiger partial charge on any atom is 0.131 e. The summed E-state index contributed by atoms with van der Waals surface area (Å²) < 4.78 is 5.92. The highest BCUT2D eigenvalue weighted by Gasteiger charge is 2.85. The highest BCUT2D eigenvalue weighted by atomic mass is 16.5. The maximum atomic E-state index is 8.46. The number of benzene rings is 1. The first-order valence-corrected chi connectivity index (χ1v) is 19.6. The minimum absolute atomic E-state index is 0.312. The summed E-state index contributed by atoms with van der Waals surface area (Å²) in [4.78, 5) is 2.58. The van der Waals surface area contributed by atoms with Crippen LogP contribution in [0.5, 0.6) is 5.75 Å². The maximum absolute atomic E-state index is 8.46. The Morgan fingerprint density at radius 1 is 0.979 bits per heavy atom. The van der Waals surface area contributed by atoms with Crippen LogP contribution in [0.4, 0.5) is 5.69 Å². The third-order valence-electron chi connectivity index (χ3n) is 13.9. The van der Waals surface area contributed by atoms with Crippen LogP contribution >= 0.6 is 0 Å². The van der Waals surface area contributed by atoms with E-state index in [0.29, 0.717) is 5.41 Å². The number of aryl methyl sites for hydroxylation is 1. The lowest BCUT2D eigenvalue weighted by molar-refractivity contribution is 0.101. The molecule has 5 fully saturated rings. The van der Waals surface area contributed by atoms with Crippen molar-refractivity contribution in [3.63, 3.8) is 0 Å². The minimum Gasteiger partial charge on any atom is -0.496 e. The number of anilines is 1. The van der Waals surface area contributed by atoms with Crippen LogP contribution in [0.2, 0.25) is 0 Å². The van der Waals surface area contributed by atoms with Crippen molar-refractivity contribution < 1.29 is 4.74 Å². The fraction of sp³-hybridized carbons (Fsp3) is 0.698. The zero-order valence-corrected chi connectivity index (χ0v) is 30.8. The average Bonchev–Trinajstić information content (AvgIpc) is 3.30. The van der Waals surface area contributed by atoms with E-state index in [2.05, 4.69) is 49.8 Å². The van der Waals surface area contributed by atoms with Crippen molar-refractivity contribution in [3.8, 4) is 5.75 Å². The molecule has 0 saturated heterocycles. The van der Waals surface area contributed by atoms with Crippen molar-refractivity contribution in [2.45, 2.75) is 137 Å². The van der Waals surface area contributed by atoms with Gasteiger partial charge < -0.3 is 20.8 Å². The predicted octanol–water partition coefficient (Wildman–Crippen LogP) is 11.1. The molecule has 4 heteroatoms. The molecule has 4 nitrogen and oxygen atoms in total. The van der Waals surface area contributed by atoms with Crippen LogP contribution in [0, 0.1) is 39.4 Å². The van der Waals surface area contributed by atoms with E-state index in [0.717, 1.165) is 59.3 Å². The molecule has 0 bridgehead atoms. The Morgan fingerprint density at radius 2 is 1.72 bits per heavy atom. The van der Waals surface area contributed by atoms with E-state index in [9.17, 15) is 0 Å². The summed E-state index contributed by atoms with van der Waals surface area (Å²) >= 11 is 0. The van der Waals surface area contributed by atoms with Gasteiger partial charge in [0.25, 0.3) is 0 Å². The van der Waals surface area contributed by atoms with Crippen molar-refractivity contribution >= 4 is 17.0 Å². The first kappa shape index (κ1) is 35.8. The Balaban J connectivity index is 0.000000164. The van der Waals surface area contributed by atoms with Gasteiger partial charge in [0.1, 0.15) is 5.75 Å². The van der Waals surface area contributed by atoms with E-state index in [4.69, 9.17) is 10.1 Å². The monoisotopic (exact) mass is 642 g/mol. The van der Waals surface area contributed by atoms with E-state index in [-0.39, 0.29) is 0 Å². The Morgan fingerprint density at radius 3 is 2.43 bits per heavy atom. The number of hydrogen-bond donors (Lipinski definition) is 2. The first-order chi connectivity index (χ1) is 22.9. The number of rotatable bonds is 6. The molecule has 5 aliphatic carbocycles. The third-order valence-corrected chi connectivity index (χ3v) is 13.9. The molecule has 0 radical (unpaired) electrons. The van der Waals surface area contributed by atoms with Crippen LogP contribution in [-0.2, 0) is 12.8 Å². The summed E-state index contributed by atoms with van der Waals surface area (Å²) in [6.07, 6.45) is 28.2. The van der Waals surface area contributed by atoms with Crippen LogP contribution in [0.1, 0.15) is 141 Å². The fourth-order valence-corrected chi connectivity index (χ4v) is 12.4. The molecular formula is C43H67N3O. The summed E-state index contributed by atoms with van der Waals surface area (Å²) in [6, 6.07) is 2.40. The molecule has 5 saturated carbocycles. The number of allylic oxidation sites excluding steroid dienone is 3. The molecule has 2 spiro atoms. The molecule has 7 aliphatic rings. The molecular weight excluding hydrogens is 574 g/mol. The molecule has 260 valence electrons. The summed E-state index contributed by atoms with van der Waals surface area (Å²) in [6.45, 7) is 18.2. The highest BCUT2D eigenvalue weighted by Crippen LogP contribution is 2.91. The van der Waals surface area contributed by atoms with Crippen molar-refractivity contribution in [3.05, 3.63) is 54.3 Å². The Kier molecular flexibility index (Phi) is 11.4. The fourth-order valence-electron chi connectivity index (χ4n) is 12.4. The molecule has 8 rings (SSSR count). The van der Waals surface area contributed by atoms with Gasteiger partial charge in [-0.05, 0) is 142 Å². The lowest BCUT2D eigenvalue weighted by Crippen LogP contribution is -2.38. The second-order valence-electron chi connectivity index (χ2n) is 15.5. The summed E-state index contributed by atoms with van der Waals surface area (Å²) in [5.41, 5.74) is 14.7. The molecule has 1 aromatic rings. The SMILES string of the molecule is C=C/C=C(/CCCC)c1cc2c3c(c1OC)CCCN3CCC2.C=CN.CC.CC12CCC3C45CCCCC4CCC35C1CCC2=N. The first-order valence-electron chi connectivity index (χ1n) is 19.6. The van der Waals surface area contributed by atoms with Crippen molar-refractivity contribution in [1.29, 1.82) is 5.41 Å². The van der Waals surface area contributed by atoms with Crippen LogP contribution in [-0.4, -0.2) is 25.9 Å². The number of unbranched alkanes of at least 4 members (excludes halogenated alkanes) is 1. The summed E-state index contributed by atoms with van der Waals surface area (Å²) in [5.74, 6) is 4.18. The lowest BCUT2D eigenvalue weighted by Gasteiger charge is -2.42. The number of nitrogens with two attached hydrogens (primary N) is 1. The second-order valence-corrected chi connectivity index (χ2v) is 15.5. The zero-order valence-electron chi connectivity index (χ0n) is 30.8. The van der Waals surface area contributed by atoms with Crippen LogP contribution in [0.25, 0.3) is 5.57 Å². The number of nitrogens with one attached hydrogen (secondary N) is 1. The molecule has 3 N–H and O–H groups in total. The topological polar surface area (TPSA) is 62.3 Å². The molecule has 2 heterocycles. The average molecular weight is 642 g/mol. The van der Waals surface area contributed by atoms with Gasteiger partial charge in [0.05, 0.1) is 7.11 Å². The largest absolute Gasteiger partial charge is 0.496 e. The molecule has 6 unspecified atom stereocenters. The molecule has 1 aromatic carbocycles. The Labute approximate surface area is 288 Å². The number of fused-ring (bicyclic) bond motifs is 1. The highest BCUT2D eigenvalue weighted by molar-refractivity contribution is 5.90. The Hall–Kier alpha value is -2.49. The van der Waals surface area contributed by atoms with Crippen LogP contribution in [0.15, 0.2) is 37.6 Å². The van der Waals surface area contributed by atoms with Crippen molar-refractivity contribution in [1.82, 2.24) is 0 Å². The summed E-state index contributed by atoms with van der Waals surface area (Å²) in [5, 5.41) is 8.46. The smallest absolute Gasteiger partial charge is 0.131 e. The van der Waals surface area contributed by atoms with E-state index in [1.165, 1.54) is 124 Å². The zero-order chi connectivity index (χ0) is 33.8. The van der Waals surface area contributed by atoms with Gasteiger partial charge >= 0.3 is 0 Å². The Bertz CT molecular complexity index is 1330. The van der Waals surface area contributed by atoms with Crippen LogP contribution in [0.3, 0.4) is 0 Å². The van der Waals surface area contributed by atoms with Gasteiger partial charge in [-0.1, -0.05) is 72.3 Å². The van der Waals surface area contributed by atoms with Gasteiger partial charge in [-0.2, -0.15) is 0 Å². The number of ether oxygens (including phenoxy) is 1. The van der Waals surface area contributed by atoms with Gasteiger partial charge in [0.2, 0.25) is 0 Å². The van der Waals surface area contributed by atoms with Gasteiger partial charge in [-0.25, -0.2) is 0 Å². The van der Waals surface area contributed by atoms with Crippen molar-refractivity contribution in [2.24, 2.45) is 39.7 Å².